The molecule has 0 aromatic heterocycles. The summed E-state index contributed by atoms with van der Waals surface area (Å²) in [5.74, 6) is 0. The van der Waals surface area contributed by atoms with Crippen molar-refractivity contribution in [2.75, 3.05) is 13.6 Å². The van der Waals surface area contributed by atoms with E-state index in [0.717, 1.165) is 6.54 Å². The van der Waals surface area contributed by atoms with Crippen molar-refractivity contribution in [2.24, 2.45) is 0 Å². The topological polar surface area (TPSA) is 3.24 Å². The van der Waals surface area contributed by atoms with Gasteiger partial charge in [0.25, 0.3) is 0 Å². The fraction of sp³-hybridized carbons (Fsp3) is 0.714. The minimum atomic E-state index is 0. The predicted molar refractivity (Wildman–Crippen MR) is 37.4 cm³/mol. The molecule has 0 aliphatic rings. The van der Waals surface area contributed by atoms with Gasteiger partial charge in [-0.25, -0.2) is 0 Å². The summed E-state index contributed by atoms with van der Waals surface area (Å²) in [5.41, 5.74) is 0.0295. The van der Waals surface area contributed by atoms with Crippen molar-refractivity contribution in [1.29, 1.82) is 0 Å². The summed E-state index contributed by atoms with van der Waals surface area (Å²) in [7, 11) is 2.01. The molecule has 0 aliphatic carbocycles. The van der Waals surface area contributed by atoms with Crippen LogP contribution in [0.3, 0.4) is 0 Å². The summed E-state index contributed by atoms with van der Waals surface area (Å²) in [6.45, 7) is 12.6. The first-order chi connectivity index (χ1) is 3.48. The molecular weight excluding hydrogens is 282 g/mol. The van der Waals surface area contributed by atoms with Crippen LogP contribution in [0.1, 0.15) is 13.8 Å². The number of hydrogen-bond acceptors (Lipinski definition) is 1. The zero-order chi connectivity index (χ0) is 6.78. The zero-order valence-electron chi connectivity index (χ0n) is 6.48. The maximum Gasteiger partial charge on any atom is 2.00 e. The van der Waals surface area contributed by atoms with E-state index in [0.29, 0.717) is 0 Å². The van der Waals surface area contributed by atoms with Gasteiger partial charge in [0, 0.05) is 0 Å². The Labute approximate surface area is 73.1 Å². The van der Waals surface area contributed by atoms with Crippen LogP contribution in [-0.2, 0) is 21.1 Å². The largest absolute Gasteiger partial charge is 2.00 e. The standard InChI is InChI=1S/C7H15N.W/c1-6-8(5)7(2,3)4;/h1-2,6H2,3-5H3;/q-2;+2. The van der Waals surface area contributed by atoms with Gasteiger partial charge in [0.2, 0.25) is 0 Å². The average molecular weight is 297 g/mol. The van der Waals surface area contributed by atoms with E-state index in [1.165, 1.54) is 0 Å². The summed E-state index contributed by atoms with van der Waals surface area (Å²) in [4.78, 5) is 2.09. The van der Waals surface area contributed by atoms with Crippen molar-refractivity contribution >= 4 is 0 Å². The second-order valence-electron chi connectivity index (χ2n) is 2.73. The number of nitrogens with zero attached hydrogens (tertiary/aromatic N) is 1. The fourth-order valence-electron chi connectivity index (χ4n) is 0.303. The summed E-state index contributed by atoms with van der Waals surface area (Å²) in [5, 5.41) is 0. The van der Waals surface area contributed by atoms with Gasteiger partial charge in [0.05, 0.1) is 0 Å². The Morgan fingerprint density at radius 3 is 1.78 bits per heavy atom. The molecule has 54 valence electrons. The van der Waals surface area contributed by atoms with E-state index in [9.17, 15) is 0 Å². The van der Waals surface area contributed by atoms with Gasteiger partial charge >= 0.3 is 21.1 Å². The first-order valence-electron chi connectivity index (χ1n) is 2.84. The van der Waals surface area contributed by atoms with Crippen molar-refractivity contribution in [3.63, 3.8) is 0 Å². The third-order valence-corrected chi connectivity index (χ3v) is 1.37. The van der Waals surface area contributed by atoms with E-state index >= 15 is 0 Å². The van der Waals surface area contributed by atoms with Crippen LogP contribution < -0.4 is 0 Å². The Kier molecular flexibility index (Phi) is 6.12. The molecule has 2 heteroatoms. The van der Waals surface area contributed by atoms with Crippen LogP contribution in [0.2, 0.25) is 0 Å². The predicted octanol–water partition coefficient (Wildman–Crippen LogP) is 1.36. The maximum atomic E-state index is 3.93. The van der Waals surface area contributed by atoms with E-state index < -0.39 is 0 Å². The molecular formula is C7H15NW. The molecule has 0 atom stereocenters. The van der Waals surface area contributed by atoms with Crippen LogP contribution in [0, 0.1) is 13.8 Å². The summed E-state index contributed by atoms with van der Waals surface area (Å²) in [6.07, 6.45) is 0. The molecule has 0 saturated carbocycles. The summed E-state index contributed by atoms with van der Waals surface area (Å²) >= 11 is 0. The quantitative estimate of drug-likeness (QED) is 0.696. The molecule has 0 saturated heterocycles. The monoisotopic (exact) mass is 297 g/mol. The van der Waals surface area contributed by atoms with E-state index in [2.05, 4.69) is 32.6 Å². The Balaban J connectivity index is 0. The van der Waals surface area contributed by atoms with Gasteiger partial charge in [0.15, 0.2) is 0 Å². The SMILES string of the molecule is [CH2-]CN(C)C([CH2-])(C)C.[W+2]. The van der Waals surface area contributed by atoms with Gasteiger partial charge in [-0.05, 0) is 7.05 Å². The molecule has 0 aromatic carbocycles. The van der Waals surface area contributed by atoms with E-state index in [1.54, 1.807) is 0 Å². The van der Waals surface area contributed by atoms with Crippen LogP contribution in [0.25, 0.3) is 0 Å². The van der Waals surface area contributed by atoms with Crippen molar-refractivity contribution < 1.29 is 21.1 Å². The van der Waals surface area contributed by atoms with Crippen molar-refractivity contribution in [3.05, 3.63) is 13.8 Å². The molecule has 0 fully saturated rings. The molecule has 0 heterocycles. The molecule has 0 rings (SSSR count). The Bertz CT molecular complexity index is 65.8. The minimum absolute atomic E-state index is 0. The van der Waals surface area contributed by atoms with Gasteiger partial charge in [-0.2, -0.15) is 0 Å². The van der Waals surface area contributed by atoms with Gasteiger partial charge in [-0.1, -0.05) is 13.8 Å². The molecule has 0 bridgehead atoms. The molecule has 0 aromatic rings. The van der Waals surface area contributed by atoms with E-state index in [1.807, 2.05) is 7.05 Å². The van der Waals surface area contributed by atoms with Crippen LogP contribution >= 0.6 is 0 Å². The summed E-state index contributed by atoms with van der Waals surface area (Å²) in [6, 6.07) is 0. The smallest absolute Gasteiger partial charge is 0.360 e. The summed E-state index contributed by atoms with van der Waals surface area (Å²) < 4.78 is 0. The average Bonchev–Trinajstić information content (AvgIpc) is 1.62. The van der Waals surface area contributed by atoms with E-state index in [-0.39, 0.29) is 26.6 Å². The van der Waals surface area contributed by atoms with E-state index in [4.69, 9.17) is 0 Å². The van der Waals surface area contributed by atoms with Crippen LogP contribution in [-0.4, -0.2) is 24.0 Å². The zero-order valence-corrected chi connectivity index (χ0v) is 9.41. The first-order valence-corrected chi connectivity index (χ1v) is 2.84. The second-order valence-corrected chi connectivity index (χ2v) is 2.73. The molecule has 1 nitrogen and oxygen atoms in total. The van der Waals surface area contributed by atoms with Crippen molar-refractivity contribution in [2.45, 2.75) is 19.4 Å². The third kappa shape index (κ3) is 5.11. The maximum absolute atomic E-state index is 3.93. The van der Waals surface area contributed by atoms with Crippen molar-refractivity contribution in [3.8, 4) is 0 Å². The molecule has 0 aliphatic heterocycles. The fourth-order valence-corrected chi connectivity index (χ4v) is 0.303. The van der Waals surface area contributed by atoms with Gasteiger partial charge in [-0.15, -0.1) is 12.1 Å². The van der Waals surface area contributed by atoms with Crippen LogP contribution in [0.5, 0.6) is 0 Å². The normalized spacial score (nSPS) is 11.3. The number of hydrogen-bond donors (Lipinski definition) is 0. The molecule has 0 unspecified atom stereocenters. The molecule has 0 spiro atoms. The number of rotatable bonds is 2. The molecule has 0 radical (unpaired) electrons. The van der Waals surface area contributed by atoms with Gasteiger partial charge < -0.3 is 18.7 Å². The first kappa shape index (κ1) is 12.3. The molecule has 0 N–H and O–H groups in total. The Morgan fingerprint density at radius 2 is 1.78 bits per heavy atom. The van der Waals surface area contributed by atoms with Crippen LogP contribution in [0.15, 0.2) is 0 Å². The van der Waals surface area contributed by atoms with Crippen molar-refractivity contribution in [1.82, 2.24) is 4.90 Å². The second kappa shape index (κ2) is 4.46. The molecule has 0 amide bonds. The van der Waals surface area contributed by atoms with Gasteiger partial charge in [0.1, 0.15) is 0 Å². The molecule has 9 heavy (non-hydrogen) atoms. The third-order valence-electron chi connectivity index (χ3n) is 1.37. The minimum Gasteiger partial charge on any atom is -0.360 e. The Hall–Kier alpha value is 0.648. The van der Waals surface area contributed by atoms with Gasteiger partial charge in [-0.3, -0.25) is 0 Å². The van der Waals surface area contributed by atoms with Crippen LogP contribution in [0.4, 0.5) is 0 Å². The Morgan fingerprint density at radius 1 is 1.44 bits per heavy atom.